The normalized spacial score (nSPS) is 17.6. The quantitative estimate of drug-likeness (QED) is 0.648. The van der Waals surface area contributed by atoms with Crippen LogP contribution >= 0.6 is 0 Å². The first kappa shape index (κ1) is 14.0. The van der Waals surface area contributed by atoms with E-state index in [1.165, 1.54) is 0 Å². The number of hydrogen-bond acceptors (Lipinski definition) is 3. The van der Waals surface area contributed by atoms with Crippen LogP contribution in [0.1, 0.15) is 33.1 Å². The van der Waals surface area contributed by atoms with Crippen molar-refractivity contribution in [1.29, 1.82) is 0 Å². The van der Waals surface area contributed by atoms with Crippen LogP contribution < -0.4 is 11.1 Å². The Balaban J connectivity index is 2.11. The summed E-state index contributed by atoms with van der Waals surface area (Å²) >= 11 is 0. The van der Waals surface area contributed by atoms with E-state index < -0.39 is 6.04 Å². The van der Waals surface area contributed by atoms with Crippen LogP contribution in [0.25, 0.3) is 0 Å². The summed E-state index contributed by atoms with van der Waals surface area (Å²) in [5.41, 5.74) is 5.71. The van der Waals surface area contributed by atoms with Gasteiger partial charge in [0.15, 0.2) is 0 Å². The van der Waals surface area contributed by atoms with Crippen LogP contribution in [0.3, 0.4) is 0 Å². The molecule has 1 saturated heterocycles. The summed E-state index contributed by atoms with van der Waals surface area (Å²) in [7, 11) is 0. The molecule has 1 rings (SSSR count). The second-order valence-electron chi connectivity index (χ2n) is 4.90. The van der Waals surface area contributed by atoms with E-state index in [2.05, 4.69) is 5.32 Å². The van der Waals surface area contributed by atoms with Crippen molar-refractivity contribution in [3.8, 4) is 0 Å². The van der Waals surface area contributed by atoms with E-state index in [4.69, 9.17) is 5.73 Å². The van der Waals surface area contributed by atoms with Gasteiger partial charge in [-0.05, 0) is 18.8 Å². The lowest BCUT2D eigenvalue weighted by Crippen LogP contribution is -2.44. The minimum absolute atomic E-state index is 0.104. The average molecular weight is 241 g/mol. The SMILES string of the molecule is CC(C)[C@H](N)C(=O)NCCCN1CCCC1=O. The lowest BCUT2D eigenvalue weighted by atomic mass is 10.1. The van der Waals surface area contributed by atoms with Crippen molar-refractivity contribution in [1.82, 2.24) is 10.2 Å². The van der Waals surface area contributed by atoms with Crippen molar-refractivity contribution < 1.29 is 9.59 Å². The third-order valence-corrected chi connectivity index (χ3v) is 3.10. The van der Waals surface area contributed by atoms with Gasteiger partial charge in [-0.3, -0.25) is 9.59 Å². The number of likely N-dealkylation sites (tertiary alicyclic amines) is 1. The van der Waals surface area contributed by atoms with Gasteiger partial charge in [0.2, 0.25) is 11.8 Å². The largest absolute Gasteiger partial charge is 0.355 e. The lowest BCUT2D eigenvalue weighted by molar-refractivity contribution is -0.127. The molecular formula is C12H23N3O2. The fourth-order valence-corrected chi connectivity index (χ4v) is 1.84. The number of nitrogens with zero attached hydrogens (tertiary/aromatic N) is 1. The zero-order valence-electron chi connectivity index (χ0n) is 10.7. The van der Waals surface area contributed by atoms with E-state index in [0.29, 0.717) is 13.0 Å². The van der Waals surface area contributed by atoms with Gasteiger partial charge in [-0.2, -0.15) is 0 Å². The van der Waals surface area contributed by atoms with Crippen LogP contribution in [0.5, 0.6) is 0 Å². The topological polar surface area (TPSA) is 75.4 Å². The van der Waals surface area contributed by atoms with E-state index in [0.717, 1.165) is 25.9 Å². The highest BCUT2D eigenvalue weighted by Crippen LogP contribution is 2.09. The van der Waals surface area contributed by atoms with Crippen LogP contribution in [-0.2, 0) is 9.59 Å². The molecular weight excluding hydrogens is 218 g/mol. The average Bonchev–Trinajstić information content (AvgIpc) is 2.69. The first-order chi connectivity index (χ1) is 8.02. The molecule has 1 aliphatic rings. The number of hydrogen-bond donors (Lipinski definition) is 2. The van der Waals surface area contributed by atoms with Crippen LogP contribution in [0.4, 0.5) is 0 Å². The third kappa shape index (κ3) is 4.34. The minimum atomic E-state index is -0.441. The Morgan fingerprint density at radius 3 is 2.76 bits per heavy atom. The molecule has 0 unspecified atom stereocenters. The van der Waals surface area contributed by atoms with E-state index in [-0.39, 0.29) is 17.7 Å². The number of rotatable bonds is 6. The number of carbonyl (C=O) groups excluding carboxylic acids is 2. The van der Waals surface area contributed by atoms with Crippen LogP contribution in [0.15, 0.2) is 0 Å². The molecule has 1 aliphatic heterocycles. The van der Waals surface area contributed by atoms with Crippen molar-refractivity contribution in [3.05, 3.63) is 0 Å². The number of amides is 2. The van der Waals surface area contributed by atoms with Crippen LogP contribution in [0, 0.1) is 5.92 Å². The van der Waals surface area contributed by atoms with E-state index in [1.807, 2.05) is 18.7 Å². The predicted molar refractivity (Wildman–Crippen MR) is 66.3 cm³/mol. The number of nitrogens with one attached hydrogen (secondary N) is 1. The Bertz CT molecular complexity index is 279. The fourth-order valence-electron chi connectivity index (χ4n) is 1.84. The number of nitrogens with two attached hydrogens (primary N) is 1. The Morgan fingerprint density at radius 1 is 1.53 bits per heavy atom. The van der Waals surface area contributed by atoms with Crippen molar-refractivity contribution in [3.63, 3.8) is 0 Å². The summed E-state index contributed by atoms with van der Waals surface area (Å²) in [5, 5.41) is 2.80. The molecule has 1 heterocycles. The fraction of sp³-hybridized carbons (Fsp3) is 0.833. The van der Waals surface area contributed by atoms with E-state index in [9.17, 15) is 9.59 Å². The van der Waals surface area contributed by atoms with Gasteiger partial charge in [-0.1, -0.05) is 13.8 Å². The molecule has 1 atom stereocenters. The van der Waals surface area contributed by atoms with Crippen LogP contribution in [-0.4, -0.2) is 42.4 Å². The first-order valence-corrected chi connectivity index (χ1v) is 6.33. The summed E-state index contributed by atoms with van der Waals surface area (Å²) in [6.07, 6.45) is 2.43. The maximum Gasteiger partial charge on any atom is 0.237 e. The Hall–Kier alpha value is -1.10. The second-order valence-corrected chi connectivity index (χ2v) is 4.90. The molecule has 1 fully saturated rings. The van der Waals surface area contributed by atoms with Crippen molar-refractivity contribution >= 4 is 11.8 Å². The highest BCUT2D eigenvalue weighted by atomic mass is 16.2. The number of carbonyl (C=O) groups is 2. The molecule has 5 nitrogen and oxygen atoms in total. The van der Waals surface area contributed by atoms with Gasteiger partial charge in [-0.15, -0.1) is 0 Å². The predicted octanol–water partition coefficient (Wildman–Crippen LogP) is 0.0984. The van der Waals surface area contributed by atoms with Gasteiger partial charge in [0.25, 0.3) is 0 Å². The molecule has 0 bridgehead atoms. The monoisotopic (exact) mass is 241 g/mol. The molecule has 0 spiro atoms. The second kappa shape index (κ2) is 6.59. The third-order valence-electron chi connectivity index (χ3n) is 3.10. The van der Waals surface area contributed by atoms with Crippen molar-refractivity contribution in [2.45, 2.75) is 39.2 Å². The summed E-state index contributed by atoms with van der Waals surface area (Å²) < 4.78 is 0. The highest BCUT2D eigenvalue weighted by molar-refractivity contribution is 5.81. The van der Waals surface area contributed by atoms with Gasteiger partial charge in [0, 0.05) is 26.1 Å². The molecule has 0 saturated carbocycles. The maximum absolute atomic E-state index is 11.5. The molecule has 0 aromatic rings. The van der Waals surface area contributed by atoms with Gasteiger partial charge >= 0.3 is 0 Å². The zero-order valence-corrected chi connectivity index (χ0v) is 10.7. The Morgan fingerprint density at radius 2 is 2.24 bits per heavy atom. The molecule has 0 aromatic carbocycles. The lowest BCUT2D eigenvalue weighted by Gasteiger charge is -2.17. The van der Waals surface area contributed by atoms with Gasteiger partial charge in [-0.25, -0.2) is 0 Å². The van der Waals surface area contributed by atoms with Crippen LogP contribution in [0.2, 0.25) is 0 Å². The smallest absolute Gasteiger partial charge is 0.237 e. The first-order valence-electron chi connectivity index (χ1n) is 6.33. The summed E-state index contributed by atoms with van der Waals surface area (Å²) in [4.78, 5) is 24.7. The summed E-state index contributed by atoms with van der Waals surface area (Å²) in [6.45, 7) is 6.03. The van der Waals surface area contributed by atoms with Crippen molar-refractivity contribution in [2.24, 2.45) is 11.7 Å². The maximum atomic E-state index is 11.5. The van der Waals surface area contributed by atoms with Gasteiger partial charge in [0.05, 0.1) is 6.04 Å². The Labute approximate surface area is 103 Å². The zero-order chi connectivity index (χ0) is 12.8. The minimum Gasteiger partial charge on any atom is -0.355 e. The molecule has 0 aliphatic carbocycles. The Kier molecular flexibility index (Phi) is 5.41. The summed E-state index contributed by atoms with van der Waals surface area (Å²) in [5.74, 6) is 0.276. The van der Waals surface area contributed by atoms with E-state index in [1.54, 1.807) is 0 Å². The molecule has 0 radical (unpaired) electrons. The molecule has 5 heteroatoms. The summed E-state index contributed by atoms with van der Waals surface area (Å²) in [6, 6.07) is -0.441. The van der Waals surface area contributed by atoms with Gasteiger partial charge in [0.1, 0.15) is 0 Å². The van der Waals surface area contributed by atoms with E-state index >= 15 is 0 Å². The molecule has 0 aromatic heterocycles. The van der Waals surface area contributed by atoms with Crippen molar-refractivity contribution in [2.75, 3.05) is 19.6 Å². The van der Waals surface area contributed by atoms with Gasteiger partial charge < -0.3 is 16.0 Å². The molecule has 2 amide bonds. The standard InChI is InChI=1S/C12H23N3O2/c1-9(2)11(13)12(17)14-6-4-8-15-7-3-5-10(15)16/h9,11H,3-8,13H2,1-2H3,(H,14,17)/t11-/m0/s1. The molecule has 3 N–H and O–H groups in total. The molecule has 98 valence electrons. The highest BCUT2D eigenvalue weighted by Gasteiger charge is 2.20. The molecule has 17 heavy (non-hydrogen) atoms.